The van der Waals surface area contributed by atoms with Crippen LogP contribution < -0.4 is 4.72 Å². The van der Waals surface area contributed by atoms with Gasteiger partial charge in [-0.15, -0.1) is 5.10 Å². The molecule has 19 heavy (non-hydrogen) atoms. The SMILES string of the molecule is Cn1nnc(NS(=O)(=O)c2c(Cl)cc(Br)cc2Cl)n1. The number of nitrogens with one attached hydrogen (secondary N) is 1. The molecular weight excluding hydrogens is 381 g/mol. The van der Waals surface area contributed by atoms with Crippen LogP contribution in [0.25, 0.3) is 0 Å². The molecule has 2 aromatic rings. The molecule has 0 saturated carbocycles. The highest BCUT2D eigenvalue weighted by Gasteiger charge is 2.24. The second kappa shape index (κ2) is 5.23. The topological polar surface area (TPSA) is 89.8 Å². The summed E-state index contributed by atoms with van der Waals surface area (Å²) >= 11 is 15.0. The normalized spacial score (nSPS) is 11.6. The van der Waals surface area contributed by atoms with E-state index in [0.717, 1.165) is 4.80 Å². The van der Waals surface area contributed by atoms with Crippen LogP contribution in [0, 0.1) is 0 Å². The third-order valence-corrected chi connectivity index (χ3v) is 4.67. The summed E-state index contributed by atoms with van der Waals surface area (Å²) in [6, 6.07) is 2.85. The molecule has 11 heteroatoms. The molecule has 1 N–H and O–H groups in total. The van der Waals surface area contributed by atoms with E-state index in [4.69, 9.17) is 23.2 Å². The largest absolute Gasteiger partial charge is 0.277 e. The van der Waals surface area contributed by atoms with Crippen LogP contribution in [-0.2, 0) is 17.1 Å². The quantitative estimate of drug-likeness (QED) is 0.871. The zero-order valence-corrected chi connectivity index (χ0v) is 13.2. The number of aromatic nitrogens is 4. The van der Waals surface area contributed by atoms with Gasteiger partial charge in [0.05, 0.1) is 17.1 Å². The number of aryl methyl sites for hydroxylation is 1. The third kappa shape index (κ3) is 3.16. The number of hydrogen-bond acceptors (Lipinski definition) is 5. The van der Waals surface area contributed by atoms with E-state index in [-0.39, 0.29) is 20.9 Å². The Hall–Kier alpha value is -0.900. The highest BCUT2D eigenvalue weighted by Crippen LogP contribution is 2.33. The predicted molar refractivity (Wildman–Crippen MR) is 73.8 cm³/mol. The Morgan fingerprint density at radius 3 is 2.37 bits per heavy atom. The van der Waals surface area contributed by atoms with Crippen molar-refractivity contribution < 1.29 is 8.42 Å². The van der Waals surface area contributed by atoms with Gasteiger partial charge in [0.15, 0.2) is 0 Å². The molecule has 7 nitrogen and oxygen atoms in total. The van der Waals surface area contributed by atoms with Crippen LogP contribution in [0.2, 0.25) is 10.0 Å². The maximum Gasteiger partial charge on any atom is 0.277 e. The van der Waals surface area contributed by atoms with Gasteiger partial charge in [-0.3, -0.25) is 0 Å². The number of nitrogens with zero attached hydrogens (tertiary/aromatic N) is 4. The fraction of sp³-hybridized carbons (Fsp3) is 0.125. The van der Waals surface area contributed by atoms with E-state index in [1.54, 1.807) is 0 Å². The van der Waals surface area contributed by atoms with Gasteiger partial charge in [0.2, 0.25) is 0 Å². The number of halogens is 3. The molecule has 0 radical (unpaired) electrons. The Bertz CT molecular complexity index is 709. The smallest absolute Gasteiger partial charge is 0.244 e. The molecule has 1 aromatic carbocycles. The predicted octanol–water partition coefficient (Wildman–Crippen LogP) is 2.08. The summed E-state index contributed by atoms with van der Waals surface area (Å²) in [5.41, 5.74) is 0. The monoisotopic (exact) mass is 385 g/mol. The van der Waals surface area contributed by atoms with Crippen LogP contribution in [0.3, 0.4) is 0 Å². The van der Waals surface area contributed by atoms with Gasteiger partial charge in [-0.05, 0) is 17.3 Å². The lowest BCUT2D eigenvalue weighted by Crippen LogP contribution is -2.15. The second-order valence-electron chi connectivity index (χ2n) is 3.41. The zero-order chi connectivity index (χ0) is 14.2. The highest BCUT2D eigenvalue weighted by molar-refractivity contribution is 9.10. The molecule has 0 aliphatic heterocycles. The van der Waals surface area contributed by atoms with Crippen molar-refractivity contribution in [2.45, 2.75) is 4.90 Å². The first-order valence-corrected chi connectivity index (χ1v) is 7.74. The fourth-order valence-corrected chi connectivity index (χ4v) is 4.16. The molecule has 0 saturated heterocycles. The summed E-state index contributed by atoms with van der Waals surface area (Å²) < 4.78 is 27.0. The van der Waals surface area contributed by atoms with Gasteiger partial charge in [0.1, 0.15) is 4.90 Å². The Kier molecular flexibility index (Phi) is 4.00. The molecule has 102 valence electrons. The number of benzene rings is 1. The Morgan fingerprint density at radius 1 is 1.32 bits per heavy atom. The lowest BCUT2D eigenvalue weighted by Gasteiger charge is -2.08. The van der Waals surface area contributed by atoms with Crippen molar-refractivity contribution in [3.8, 4) is 0 Å². The second-order valence-corrected chi connectivity index (χ2v) is 6.76. The maximum absolute atomic E-state index is 12.2. The minimum Gasteiger partial charge on any atom is -0.244 e. The van der Waals surface area contributed by atoms with E-state index in [0.29, 0.717) is 4.47 Å². The Morgan fingerprint density at radius 2 is 1.89 bits per heavy atom. The molecule has 1 heterocycles. The van der Waals surface area contributed by atoms with Crippen molar-refractivity contribution in [3.05, 3.63) is 26.7 Å². The summed E-state index contributed by atoms with van der Waals surface area (Å²) in [4.78, 5) is 0.870. The van der Waals surface area contributed by atoms with Gasteiger partial charge in [0.25, 0.3) is 16.0 Å². The minimum atomic E-state index is -3.99. The number of tetrazole rings is 1. The molecule has 0 unspecified atom stereocenters. The fourth-order valence-electron chi connectivity index (χ4n) is 1.28. The van der Waals surface area contributed by atoms with E-state index >= 15 is 0 Å². The molecule has 0 fully saturated rings. The zero-order valence-electron chi connectivity index (χ0n) is 9.30. The van der Waals surface area contributed by atoms with Crippen molar-refractivity contribution in [2.75, 3.05) is 4.72 Å². The lowest BCUT2D eigenvalue weighted by atomic mass is 10.4. The van der Waals surface area contributed by atoms with Crippen LogP contribution >= 0.6 is 39.1 Å². The number of anilines is 1. The summed E-state index contributed by atoms with van der Waals surface area (Å²) in [5.74, 6) is -0.169. The van der Waals surface area contributed by atoms with Gasteiger partial charge in [-0.2, -0.15) is 4.80 Å². The first kappa shape index (κ1) is 14.5. The average molecular weight is 387 g/mol. The van der Waals surface area contributed by atoms with Gasteiger partial charge in [-0.25, -0.2) is 13.1 Å². The van der Waals surface area contributed by atoms with Gasteiger partial charge in [0, 0.05) is 4.47 Å². The van der Waals surface area contributed by atoms with Crippen LogP contribution in [0.4, 0.5) is 5.95 Å². The first-order valence-electron chi connectivity index (χ1n) is 4.71. The standard InChI is InChI=1S/C8H6BrCl2N5O2S/c1-16-13-8(12-15-16)14-19(17,18)7-5(10)2-4(9)3-6(7)11/h2-3H,1H3,(H,13,14). The van der Waals surface area contributed by atoms with E-state index in [1.165, 1.54) is 19.2 Å². The molecule has 1 aromatic heterocycles. The van der Waals surface area contributed by atoms with E-state index < -0.39 is 10.0 Å². The molecule has 2 rings (SSSR count). The third-order valence-electron chi connectivity index (χ3n) is 1.97. The molecule has 0 atom stereocenters. The molecule has 0 spiro atoms. The summed E-state index contributed by atoms with van der Waals surface area (Å²) in [6.07, 6.45) is 0. The van der Waals surface area contributed by atoms with E-state index in [1.807, 2.05) is 0 Å². The van der Waals surface area contributed by atoms with Crippen molar-refractivity contribution in [1.29, 1.82) is 0 Å². The molecule has 0 aliphatic rings. The number of hydrogen-bond donors (Lipinski definition) is 1. The highest BCUT2D eigenvalue weighted by atomic mass is 79.9. The van der Waals surface area contributed by atoms with Crippen LogP contribution in [0.1, 0.15) is 0 Å². The summed E-state index contributed by atoms with van der Waals surface area (Å²) in [7, 11) is -2.49. The van der Waals surface area contributed by atoms with Crippen molar-refractivity contribution in [2.24, 2.45) is 7.05 Å². The maximum atomic E-state index is 12.2. The van der Waals surface area contributed by atoms with Crippen molar-refractivity contribution in [3.63, 3.8) is 0 Å². The van der Waals surface area contributed by atoms with Crippen LogP contribution in [0.5, 0.6) is 0 Å². The van der Waals surface area contributed by atoms with Gasteiger partial charge >= 0.3 is 0 Å². The van der Waals surface area contributed by atoms with Crippen molar-refractivity contribution in [1.82, 2.24) is 20.2 Å². The summed E-state index contributed by atoms with van der Waals surface area (Å²) in [5, 5.41) is 10.7. The van der Waals surface area contributed by atoms with Crippen molar-refractivity contribution >= 4 is 55.1 Å². The number of rotatable bonds is 3. The van der Waals surface area contributed by atoms with Gasteiger partial charge in [-0.1, -0.05) is 44.2 Å². The van der Waals surface area contributed by atoms with Crippen LogP contribution in [0.15, 0.2) is 21.5 Å². The summed E-state index contributed by atoms with van der Waals surface area (Å²) in [6.45, 7) is 0. The Labute approximate surface area is 127 Å². The molecular formula is C8H6BrCl2N5O2S. The average Bonchev–Trinajstić information content (AvgIpc) is 2.60. The van der Waals surface area contributed by atoms with Crippen LogP contribution in [-0.4, -0.2) is 28.6 Å². The van der Waals surface area contributed by atoms with E-state index in [2.05, 4.69) is 36.1 Å². The van der Waals surface area contributed by atoms with E-state index in [9.17, 15) is 8.42 Å². The first-order chi connectivity index (χ1) is 8.79. The molecule has 0 aliphatic carbocycles. The Balaban J connectivity index is 2.45. The molecule has 0 bridgehead atoms. The van der Waals surface area contributed by atoms with Gasteiger partial charge < -0.3 is 0 Å². The molecule has 0 amide bonds. The lowest BCUT2D eigenvalue weighted by molar-refractivity contribution is 0.600. The number of sulfonamides is 1. The minimum absolute atomic E-state index is 0.0178.